The van der Waals surface area contributed by atoms with E-state index in [-0.39, 0.29) is 5.91 Å². The summed E-state index contributed by atoms with van der Waals surface area (Å²) >= 11 is 0. The minimum Gasteiger partial charge on any atom is -0.477 e. The van der Waals surface area contributed by atoms with E-state index in [2.05, 4.69) is 25.5 Å². The van der Waals surface area contributed by atoms with Crippen LogP contribution >= 0.6 is 0 Å². The molecule has 0 saturated carbocycles. The third-order valence-corrected chi connectivity index (χ3v) is 4.91. The minimum absolute atomic E-state index is 0.300. The number of carbonyl (C=O) groups excluding carboxylic acids is 1. The van der Waals surface area contributed by atoms with Crippen LogP contribution in [0.5, 0.6) is 5.88 Å². The molecule has 0 aliphatic rings. The number of pyridine rings is 2. The fraction of sp³-hybridized carbons (Fsp3) is 0.0833. The van der Waals surface area contributed by atoms with Gasteiger partial charge in [0.1, 0.15) is 5.56 Å². The van der Waals surface area contributed by atoms with E-state index in [4.69, 9.17) is 9.84 Å². The zero-order valence-corrected chi connectivity index (χ0v) is 17.7. The number of nitrogens with one attached hydrogen (secondary N) is 1. The van der Waals surface area contributed by atoms with Gasteiger partial charge >= 0.3 is 0 Å². The molecule has 1 amide bonds. The second-order valence-electron chi connectivity index (χ2n) is 7.07. The summed E-state index contributed by atoms with van der Waals surface area (Å²) in [6.07, 6.45) is 4.99. The lowest BCUT2D eigenvalue weighted by atomic mass is 10.1. The number of ether oxygens (including phenoxy) is 1. The molecule has 9 heteroatoms. The largest absolute Gasteiger partial charge is 0.477 e. The van der Waals surface area contributed by atoms with E-state index in [9.17, 15) is 4.79 Å². The first-order valence-electron chi connectivity index (χ1n) is 10.4. The van der Waals surface area contributed by atoms with Crippen LogP contribution in [0.2, 0.25) is 0 Å². The van der Waals surface area contributed by atoms with Crippen molar-refractivity contribution in [3.63, 3.8) is 0 Å². The average molecular weight is 437 g/mol. The van der Waals surface area contributed by atoms with Crippen LogP contribution in [0.15, 0.2) is 79.3 Å². The molecule has 162 valence electrons. The van der Waals surface area contributed by atoms with Crippen LogP contribution in [0.4, 0.5) is 5.69 Å². The summed E-state index contributed by atoms with van der Waals surface area (Å²) in [7, 11) is 0. The van der Waals surface area contributed by atoms with Crippen molar-refractivity contribution in [2.24, 2.45) is 0 Å². The third kappa shape index (κ3) is 4.11. The van der Waals surface area contributed by atoms with E-state index < -0.39 is 0 Å². The van der Waals surface area contributed by atoms with Gasteiger partial charge in [0, 0.05) is 35.4 Å². The summed E-state index contributed by atoms with van der Waals surface area (Å²) in [4.78, 5) is 21.0. The highest BCUT2D eigenvalue weighted by molar-refractivity contribution is 6.06. The number of carbonyl (C=O) groups is 1. The standard InChI is InChI=1S/C24H19N7O2/c1-2-33-24-19(7-4-12-26-24)23(32)27-18-6-3-5-17(15-18)20-8-9-21-28-29-22(31(21)30-20)16-10-13-25-14-11-16/h3-15H,2H2,1H3,(H,27,32). The van der Waals surface area contributed by atoms with Gasteiger partial charge in [0.15, 0.2) is 11.5 Å². The summed E-state index contributed by atoms with van der Waals surface area (Å²) in [6.45, 7) is 2.27. The molecule has 1 aromatic carbocycles. The Labute approximate surface area is 189 Å². The van der Waals surface area contributed by atoms with Crippen LogP contribution in [-0.2, 0) is 0 Å². The van der Waals surface area contributed by atoms with Crippen molar-refractivity contribution in [3.05, 3.63) is 84.8 Å². The molecule has 0 saturated heterocycles. The van der Waals surface area contributed by atoms with E-state index in [1.165, 1.54) is 0 Å². The monoisotopic (exact) mass is 437 g/mol. The Morgan fingerprint density at radius 2 is 1.85 bits per heavy atom. The molecule has 0 fully saturated rings. The smallest absolute Gasteiger partial charge is 0.261 e. The fourth-order valence-corrected chi connectivity index (χ4v) is 3.39. The summed E-state index contributed by atoms with van der Waals surface area (Å²) < 4.78 is 7.16. The summed E-state index contributed by atoms with van der Waals surface area (Å²) in [5.74, 6) is 0.627. The molecule has 5 aromatic rings. The maximum absolute atomic E-state index is 12.8. The molecule has 0 aliphatic heterocycles. The SMILES string of the molecule is CCOc1ncccc1C(=O)Nc1cccc(-c2ccc3nnc(-c4ccncc4)n3n2)c1. The van der Waals surface area contributed by atoms with Gasteiger partial charge in [0.05, 0.1) is 12.3 Å². The van der Waals surface area contributed by atoms with Gasteiger partial charge in [-0.15, -0.1) is 10.2 Å². The van der Waals surface area contributed by atoms with Gasteiger partial charge in [-0.1, -0.05) is 12.1 Å². The Hall–Kier alpha value is -4.66. The highest BCUT2D eigenvalue weighted by atomic mass is 16.5. The molecule has 0 unspecified atom stereocenters. The molecular weight excluding hydrogens is 418 g/mol. The minimum atomic E-state index is -0.300. The molecule has 0 atom stereocenters. The molecule has 9 nitrogen and oxygen atoms in total. The average Bonchev–Trinajstić information content (AvgIpc) is 3.29. The van der Waals surface area contributed by atoms with E-state index in [0.717, 1.165) is 11.1 Å². The molecule has 4 aromatic heterocycles. The van der Waals surface area contributed by atoms with Gasteiger partial charge in [0.25, 0.3) is 5.91 Å². The lowest BCUT2D eigenvalue weighted by molar-refractivity contribution is 0.102. The number of amides is 1. The number of hydrogen-bond acceptors (Lipinski definition) is 7. The van der Waals surface area contributed by atoms with Gasteiger partial charge in [0.2, 0.25) is 5.88 Å². The number of hydrogen-bond donors (Lipinski definition) is 1. The van der Waals surface area contributed by atoms with Crippen molar-refractivity contribution >= 4 is 17.2 Å². The molecule has 5 rings (SSSR count). The first-order chi connectivity index (χ1) is 16.2. The molecule has 0 aliphatic carbocycles. The van der Waals surface area contributed by atoms with E-state index >= 15 is 0 Å². The van der Waals surface area contributed by atoms with Crippen LogP contribution in [-0.4, -0.2) is 42.3 Å². The van der Waals surface area contributed by atoms with Crippen molar-refractivity contribution in [2.75, 3.05) is 11.9 Å². The van der Waals surface area contributed by atoms with Crippen LogP contribution in [0, 0.1) is 0 Å². The quantitative estimate of drug-likeness (QED) is 0.429. The zero-order chi connectivity index (χ0) is 22.6. The number of anilines is 1. The normalized spacial score (nSPS) is 10.8. The summed E-state index contributed by atoms with van der Waals surface area (Å²) in [6, 6.07) is 18.3. The Morgan fingerprint density at radius 1 is 0.970 bits per heavy atom. The lowest BCUT2D eigenvalue weighted by Crippen LogP contribution is -2.14. The van der Waals surface area contributed by atoms with Crippen molar-refractivity contribution in [1.82, 2.24) is 29.8 Å². The maximum Gasteiger partial charge on any atom is 0.261 e. The molecule has 0 bridgehead atoms. The van der Waals surface area contributed by atoms with Gasteiger partial charge < -0.3 is 10.1 Å². The highest BCUT2D eigenvalue weighted by Crippen LogP contribution is 2.24. The number of rotatable bonds is 6. The van der Waals surface area contributed by atoms with E-state index in [0.29, 0.717) is 40.9 Å². The van der Waals surface area contributed by atoms with Crippen LogP contribution in [0.1, 0.15) is 17.3 Å². The second-order valence-corrected chi connectivity index (χ2v) is 7.07. The second kappa shape index (κ2) is 8.83. The molecule has 33 heavy (non-hydrogen) atoms. The van der Waals surface area contributed by atoms with Crippen molar-refractivity contribution in [3.8, 4) is 28.5 Å². The Balaban J connectivity index is 1.45. The Kier molecular flexibility index (Phi) is 5.42. The van der Waals surface area contributed by atoms with E-state index in [1.807, 2.05) is 55.5 Å². The first-order valence-corrected chi connectivity index (χ1v) is 10.4. The van der Waals surface area contributed by atoms with Crippen molar-refractivity contribution in [1.29, 1.82) is 0 Å². The number of aromatic nitrogens is 6. The van der Waals surface area contributed by atoms with Crippen LogP contribution in [0.3, 0.4) is 0 Å². The predicted molar refractivity (Wildman–Crippen MR) is 123 cm³/mol. The van der Waals surface area contributed by atoms with Gasteiger partial charge in [-0.2, -0.15) is 9.61 Å². The Bertz CT molecular complexity index is 1430. The molecule has 0 spiro atoms. The number of nitrogens with zero attached hydrogens (tertiary/aromatic N) is 6. The summed E-state index contributed by atoms with van der Waals surface area (Å²) in [5.41, 5.74) is 4.05. The van der Waals surface area contributed by atoms with Crippen LogP contribution in [0.25, 0.3) is 28.3 Å². The maximum atomic E-state index is 12.8. The zero-order valence-electron chi connectivity index (χ0n) is 17.7. The van der Waals surface area contributed by atoms with Gasteiger partial charge in [-0.3, -0.25) is 9.78 Å². The molecule has 1 N–H and O–H groups in total. The molecule has 0 radical (unpaired) electrons. The van der Waals surface area contributed by atoms with Crippen molar-refractivity contribution < 1.29 is 9.53 Å². The molecular formula is C24H19N7O2. The van der Waals surface area contributed by atoms with Crippen molar-refractivity contribution in [2.45, 2.75) is 6.92 Å². The lowest BCUT2D eigenvalue weighted by Gasteiger charge is -2.10. The third-order valence-electron chi connectivity index (χ3n) is 4.91. The number of benzene rings is 1. The first kappa shape index (κ1) is 20.3. The Morgan fingerprint density at radius 3 is 2.70 bits per heavy atom. The van der Waals surface area contributed by atoms with E-state index in [1.54, 1.807) is 35.2 Å². The highest BCUT2D eigenvalue weighted by Gasteiger charge is 2.15. The fourth-order valence-electron chi connectivity index (χ4n) is 3.39. The van der Waals surface area contributed by atoms with Crippen LogP contribution < -0.4 is 10.1 Å². The van der Waals surface area contributed by atoms with Gasteiger partial charge in [-0.25, -0.2) is 4.98 Å². The van der Waals surface area contributed by atoms with Gasteiger partial charge in [-0.05, 0) is 55.5 Å². The number of fused-ring (bicyclic) bond motifs is 1. The topological polar surface area (TPSA) is 107 Å². The molecule has 4 heterocycles. The predicted octanol–water partition coefficient (Wildman–Crippen LogP) is 3.90. The summed E-state index contributed by atoms with van der Waals surface area (Å²) in [5, 5.41) is 16.1.